The number of benzene rings is 1. The number of aromatic nitrogens is 3. The largest absolute Gasteiger partial charge is 0.339 e. The second-order valence-electron chi connectivity index (χ2n) is 8.52. The number of aromatic amines is 1. The Bertz CT molecular complexity index is 1030. The van der Waals surface area contributed by atoms with E-state index in [1.807, 2.05) is 40.1 Å². The van der Waals surface area contributed by atoms with Crippen molar-refractivity contribution >= 4 is 35.8 Å². The van der Waals surface area contributed by atoms with E-state index in [-0.39, 0.29) is 17.9 Å². The van der Waals surface area contributed by atoms with E-state index >= 15 is 0 Å². The summed E-state index contributed by atoms with van der Waals surface area (Å²) < 4.78 is 2.74. The van der Waals surface area contributed by atoms with Crippen molar-refractivity contribution in [2.75, 3.05) is 24.5 Å². The van der Waals surface area contributed by atoms with Crippen molar-refractivity contribution in [3.63, 3.8) is 0 Å². The molecule has 3 heterocycles. The number of carbonyl (C=O) groups is 2. The molecule has 2 amide bonds. The Morgan fingerprint density at radius 1 is 1.19 bits per heavy atom. The molecule has 0 spiro atoms. The number of nitrogens with one attached hydrogen (secondary N) is 1. The van der Waals surface area contributed by atoms with Crippen LogP contribution in [0.5, 0.6) is 0 Å². The Morgan fingerprint density at radius 3 is 2.52 bits per heavy atom. The van der Waals surface area contributed by atoms with Crippen molar-refractivity contribution < 1.29 is 9.59 Å². The molecule has 0 aliphatic carbocycles. The van der Waals surface area contributed by atoms with E-state index < -0.39 is 0 Å². The highest BCUT2D eigenvalue weighted by atomic mass is 32.1. The Morgan fingerprint density at radius 2 is 1.90 bits per heavy atom. The van der Waals surface area contributed by atoms with Crippen LogP contribution < -0.4 is 4.90 Å². The molecule has 0 unspecified atom stereocenters. The number of hydrogen-bond acceptors (Lipinski definition) is 4. The van der Waals surface area contributed by atoms with Gasteiger partial charge in [-0.1, -0.05) is 12.1 Å². The summed E-state index contributed by atoms with van der Waals surface area (Å²) in [4.78, 5) is 28.2. The van der Waals surface area contributed by atoms with E-state index in [1.54, 1.807) is 6.08 Å². The van der Waals surface area contributed by atoms with Gasteiger partial charge in [-0.05, 0) is 69.1 Å². The van der Waals surface area contributed by atoms with Gasteiger partial charge in [-0.3, -0.25) is 14.7 Å². The summed E-state index contributed by atoms with van der Waals surface area (Å²) in [6, 6.07) is 8.05. The molecule has 8 heteroatoms. The molecule has 4 rings (SSSR count). The van der Waals surface area contributed by atoms with Crippen LogP contribution in [0.3, 0.4) is 0 Å². The maximum absolute atomic E-state index is 12.7. The zero-order chi connectivity index (χ0) is 22.0. The zero-order valence-electron chi connectivity index (χ0n) is 18.1. The van der Waals surface area contributed by atoms with Gasteiger partial charge in [-0.2, -0.15) is 5.10 Å². The van der Waals surface area contributed by atoms with E-state index in [9.17, 15) is 9.59 Å². The fraction of sp³-hybridized carbons (Fsp3) is 0.478. The third kappa shape index (κ3) is 4.63. The first-order valence-corrected chi connectivity index (χ1v) is 11.4. The van der Waals surface area contributed by atoms with E-state index in [4.69, 9.17) is 12.2 Å². The topological polar surface area (TPSA) is 74.2 Å². The van der Waals surface area contributed by atoms with Gasteiger partial charge in [0.2, 0.25) is 11.8 Å². The average Bonchev–Trinajstić information content (AvgIpc) is 3.38. The number of piperidine rings is 1. The van der Waals surface area contributed by atoms with Crippen LogP contribution in [0.1, 0.15) is 62.9 Å². The molecule has 0 saturated carbocycles. The second-order valence-corrected chi connectivity index (χ2v) is 8.91. The summed E-state index contributed by atoms with van der Waals surface area (Å²) in [5, 5.41) is 7.37. The maximum Gasteiger partial charge on any atom is 0.246 e. The molecule has 7 nitrogen and oxygen atoms in total. The molecular formula is C23H29N5O2S. The number of hydrogen-bond donors (Lipinski definition) is 1. The van der Waals surface area contributed by atoms with Crippen molar-refractivity contribution in [1.29, 1.82) is 0 Å². The number of nitrogens with zero attached hydrogens (tertiary/aromatic N) is 4. The highest BCUT2D eigenvalue weighted by molar-refractivity contribution is 7.71. The lowest BCUT2D eigenvalue weighted by Gasteiger charge is -2.31. The number of rotatable bonds is 5. The number of carbonyl (C=O) groups excluding carboxylic acids is 2. The van der Waals surface area contributed by atoms with E-state index in [0.29, 0.717) is 30.2 Å². The van der Waals surface area contributed by atoms with Gasteiger partial charge in [0, 0.05) is 49.8 Å². The smallest absolute Gasteiger partial charge is 0.246 e. The molecular weight excluding hydrogens is 410 g/mol. The fourth-order valence-corrected chi connectivity index (χ4v) is 4.77. The Hall–Kier alpha value is -2.74. The molecule has 2 aromatic rings. The van der Waals surface area contributed by atoms with Gasteiger partial charge in [0.25, 0.3) is 0 Å². The van der Waals surface area contributed by atoms with Crippen LogP contribution in [0.25, 0.3) is 6.08 Å². The molecule has 2 saturated heterocycles. The quantitative estimate of drug-likeness (QED) is 0.563. The van der Waals surface area contributed by atoms with Gasteiger partial charge in [-0.15, -0.1) is 0 Å². The van der Waals surface area contributed by atoms with Crippen molar-refractivity contribution in [2.24, 2.45) is 0 Å². The van der Waals surface area contributed by atoms with Crippen LogP contribution in [-0.2, 0) is 9.59 Å². The van der Waals surface area contributed by atoms with Gasteiger partial charge in [0.05, 0.1) is 0 Å². The van der Waals surface area contributed by atoms with E-state index in [0.717, 1.165) is 42.9 Å². The standard InChI is InChI=1S/C23H29N5O2S/c1-16(2)28-22(24-25-23(28)31)18-11-14-26(15-12-18)20(29)10-7-17-5-8-19(9-6-17)27-13-3-4-21(27)30/h5-10,16,18H,3-4,11-15H2,1-2H3,(H,25,31). The fourth-order valence-electron chi connectivity index (χ4n) is 4.42. The molecule has 0 atom stereocenters. The number of amides is 2. The summed E-state index contributed by atoms with van der Waals surface area (Å²) in [6.07, 6.45) is 6.78. The van der Waals surface area contributed by atoms with Gasteiger partial charge in [0.15, 0.2) is 4.77 Å². The first kappa shape index (κ1) is 21.5. The highest BCUT2D eigenvalue weighted by Gasteiger charge is 2.27. The predicted molar refractivity (Wildman–Crippen MR) is 123 cm³/mol. The minimum Gasteiger partial charge on any atom is -0.339 e. The van der Waals surface area contributed by atoms with Crippen LogP contribution in [-0.4, -0.2) is 51.1 Å². The summed E-state index contributed by atoms with van der Waals surface area (Å²) in [5.41, 5.74) is 1.87. The van der Waals surface area contributed by atoms with Crippen molar-refractivity contribution in [1.82, 2.24) is 19.7 Å². The van der Waals surface area contributed by atoms with Gasteiger partial charge in [-0.25, -0.2) is 0 Å². The second kappa shape index (κ2) is 9.18. The zero-order valence-corrected chi connectivity index (χ0v) is 18.9. The van der Waals surface area contributed by atoms with Crippen LogP contribution in [0.2, 0.25) is 0 Å². The third-order valence-electron chi connectivity index (χ3n) is 6.12. The van der Waals surface area contributed by atoms with Crippen LogP contribution in [0, 0.1) is 4.77 Å². The summed E-state index contributed by atoms with van der Waals surface area (Å²) in [6.45, 7) is 6.41. The van der Waals surface area contributed by atoms with Crippen molar-refractivity contribution in [3.8, 4) is 0 Å². The molecule has 2 fully saturated rings. The first-order chi connectivity index (χ1) is 14.9. The van der Waals surface area contributed by atoms with Gasteiger partial charge >= 0.3 is 0 Å². The van der Waals surface area contributed by atoms with Crippen LogP contribution >= 0.6 is 12.2 Å². The van der Waals surface area contributed by atoms with E-state index in [2.05, 4.69) is 28.6 Å². The molecule has 1 aromatic heterocycles. The molecule has 0 radical (unpaired) electrons. The number of anilines is 1. The number of H-pyrrole nitrogens is 1. The Balaban J connectivity index is 1.33. The molecule has 1 N–H and O–H groups in total. The summed E-state index contributed by atoms with van der Waals surface area (Å²) in [5.74, 6) is 1.52. The molecule has 2 aliphatic rings. The lowest BCUT2D eigenvalue weighted by molar-refractivity contribution is -0.127. The molecule has 164 valence electrons. The Labute approximate surface area is 187 Å². The normalized spacial score (nSPS) is 18.0. The predicted octanol–water partition coefficient (Wildman–Crippen LogP) is 4.07. The van der Waals surface area contributed by atoms with Crippen molar-refractivity contribution in [3.05, 3.63) is 46.5 Å². The summed E-state index contributed by atoms with van der Waals surface area (Å²) in [7, 11) is 0. The minimum atomic E-state index is 0.0277. The molecule has 1 aromatic carbocycles. The Kier molecular flexibility index (Phi) is 6.36. The lowest BCUT2D eigenvalue weighted by atomic mass is 9.95. The molecule has 31 heavy (non-hydrogen) atoms. The van der Waals surface area contributed by atoms with Crippen LogP contribution in [0.4, 0.5) is 5.69 Å². The van der Waals surface area contributed by atoms with Crippen LogP contribution in [0.15, 0.2) is 30.3 Å². The average molecular weight is 440 g/mol. The molecule has 0 bridgehead atoms. The summed E-state index contributed by atoms with van der Waals surface area (Å²) >= 11 is 5.36. The van der Waals surface area contributed by atoms with Gasteiger partial charge in [0.1, 0.15) is 5.82 Å². The van der Waals surface area contributed by atoms with Crippen molar-refractivity contribution in [2.45, 2.75) is 51.5 Å². The van der Waals surface area contributed by atoms with E-state index in [1.165, 1.54) is 0 Å². The molecule has 2 aliphatic heterocycles. The third-order valence-corrected chi connectivity index (χ3v) is 6.40. The SMILES string of the molecule is CC(C)n1c(C2CCN(C(=O)C=Cc3ccc(N4CCCC4=O)cc3)CC2)n[nH]c1=S. The highest BCUT2D eigenvalue weighted by Crippen LogP contribution is 2.28. The lowest BCUT2D eigenvalue weighted by Crippen LogP contribution is -2.37. The first-order valence-electron chi connectivity index (χ1n) is 11.0. The van der Waals surface area contributed by atoms with Gasteiger partial charge < -0.3 is 14.4 Å². The maximum atomic E-state index is 12.7. The monoisotopic (exact) mass is 439 g/mol. The number of likely N-dealkylation sites (tertiary alicyclic amines) is 1. The minimum absolute atomic E-state index is 0.0277.